The number of nitrogens with one attached hydrogen (secondary N) is 1. The van der Waals surface area contributed by atoms with Crippen LogP contribution in [-0.2, 0) is 15.0 Å². The van der Waals surface area contributed by atoms with Crippen molar-refractivity contribution in [2.75, 3.05) is 31.2 Å². The summed E-state index contributed by atoms with van der Waals surface area (Å²) in [6.07, 6.45) is 11.7. The van der Waals surface area contributed by atoms with Crippen molar-refractivity contribution < 1.29 is 14.3 Å². The summed E-state index contributed by atoms with van der Waals surface area (Å²) in [5, 5.41) is 12.0. The summed E-state index contributed by atoms with van der Waals surface area (Å²) in [7, 11) is 0. The van der Waals surface area contributed by atoms with Gasteiger partial charge in [-0.3, -0.25) is 9.97 Å². The van der Waals surface area contributed by atoms with Gasteiger partial charge in [0.2, 0.25) is 0 Å². The molecule has 1 aliphatic carbocycles. The predicted octanol–water partition coefficient (Wildman–Crippen LogP) is 3.88. The molecule has 3 aromatic heterocycles. The minimum atomic E-state index is -0.512. The summed E-state index contributed by atoms with van der Waals surface area (Å²) in [4.78, 5) is 23.8. The number of anilines is 1. The van der Waals surface area contributed by atoms with Crippen molar-refractivity contribution in [3.63, 3.8) is 0 Å². The van der Waals surface area contributed by atoms with Gasteiger partial charge in [0, 0.05) is 37.1 Å². The highest BCUT2D eigenvalue weighted by molar-refractivity contribution is 5.68. The number of hydrogen-bond acceptors (Lipinski definition) is 8. The van der Waals surface area contributed by atoms with Crippen molar-refractivity contribution >= 4 is 11.8 Å². The third-order valence-corrected chi connectivity index (χ3v) is 7.45. The molecule has 6 rings (SSSR count). The van der Waals surface area contributed by atoms with E-state index in [4.69, 9.17) is 14.5 Å². The molecule has 200 valence electrons. The minimum Gasteiger partial charge on any atom is -0.444 e. The number of alkyl carbamates (subject to hydrolysis) is 1. The van der Waals surface area contributed by atoms with E-state index >= 15 is 0 Å². The van der Waals surface area contributed by atoms with Gasteiger partial charge in [-0.05, 0) is 76.1 Å². The second-order valence-electron chi connectivity index (χ2n) is 11.7. The van der Waals surface area contributed by atoms with Gasteiger partial charge in [-0.25, -0.2) is 9.48 Å². The number of carbonyl (C=O) groups excluding carboxylic acids is 1. The van der Waals surface area contributed by atoms with E-state index in [-0.39, 0.29) is 12.1 Å². The van der Waals surface area contributed by atoms with Crippen LogP contribution < -0.4 is 10.2 Å². The molecular weight excluding hydrogens is 482 g/mol. The lowest BCUT2D eigenvalue weighted by atomic mass is 9.92. The Bertz CT molecular complexity index is 1290. The summed E-state index contributed by atoms with van der Waals surface area (Å²) < 4.78 is 13.0. The molecule has 1 atom stereocenters. The molecule has 0 radical (unpaired) electrons. The third kappa shape index (κ3) is 5.09. The fourth-order valence-electron chi connectivity index (χ4n) is 5.19. The highest BCUT2D eigenvalue weighted by Gasteiger charge is 2.45. The fraction of sp³-hybridized carbons (Fsp3) is 0.536. The first-order chi connectivity index (χ1) is 18.3. The molecule has 2 aliphatic heterocycles. The van der Waals surface area contributed by atoms with Gasteiger partial charge in [-0.2, -0.15) is 0 Å². The molecule has 5 heterocycles. The van der Waals surface area contributed by atoms with Crippen molar-refractivity contribution in [1.82, 2.24) is 30.3 Å². The van der Waals surface area contributed by atoms with E-state index in [1.165, 1.54) is 18.4 Å². The van der Waals surface area contributed by atoms with Crippen molar-refractivity contribution in [2.24, 2.45) is 0 Å². The molecule has 38 heavy (non-hydrogen) atoms. The summed E-state index contributed by atoms with van der Waals surface area (Å²) in [6, 6.07) is 6.36. The molecule has 3 fully saturated rings. The van der Waals surface area contributed by atoms with Crippen LogP contribution in [0, 0.1) is 0 Å². The fourth-order valence-corrected chi connectivity index (χ4v) is 5.19. The van der Waals surface area contributed by atoms with Gasteiger partial charge >= 0.3 is 6.09 Å². The maximum atomic E-state index is 12.2. The van der Waals surface area contributed by atoms with Gasteiger partial charge in [0.15, 0.2) is 5.54 Å². The number of nitrogens with zero attached hydrogens (tertiary/aromatic N) is 6. The number of carbonyl (C=O) groups is 1. The lowest BCUT2D eigenvalue weighted by Gasteiger charge is -2.40. The van der Waals surface area contributed by atoms with Gasteiger partial charge in [-0.15, -0.1) is 5.10 Å². The van der Waals surface area contributed by atoms with Crippen LogP contribution in [0.15, 0.2) is 43.0 Å². The van der Waals surface area contributed by atoms with Crippen LogP contribution in [0.4, 0.5) is 10.5 Å². The van der Waals surface area contributed by atoms with E-state index in [1.807, 2.05) is 50.2 Å². The van der Waals surface area contributed by atoms with E-state index in [0.29, 0.717) is 19.1 Å². The second-order valence-corrected chi connectivity index (χ2v) is 11.7. The molecule has 2 saturated heterocycles. The molecule has 3 aromatic rings. The van der Waals surface area contributed by atoms with Crippen molar-refractivity contribution in [1.29, 1.82) is 0 Å². The monoisotopic (exact) mass is 517 g/mol. The first kappa shape index (κ1) is 24.8. The lowest BCUT2D eigenvalue weighted by molar-refractivity contribution is -0.0851. The van der Waals surface area contributed by atoms with Crippen LogP contribution in [0.2, 0.25) is 0 Å². The summed E-state index contributed by atoms with van der Waals surface area (Å²) in [5.74, 6) is 0.634. The molecule has 10 heteroatoms. The molecule has 0 bridgehead atoms. The van der Waals surface area contributed by atoms with Crippen LogP contribution in [0.25, 0.3) is 11.3 Å². The maximum absolute atomic E-state index is 12.2. The van der Waals surface area contributed by atoms with Crippen molar-refractivity contribution in [3.05, 3.63) is 54.2 Å². The van der Waals surface area contributed by atoms with Gasteiger partial charge < -0.3 is 19.7 Å². The molecule has 0 aromatic carbocycles. The lowest BCUT2D eigenvalue weighted by Crippen LogP contribution is -2.53. The number of ether oxygens (including phenoxy) is 2. The number of rotatable bonds is 6. The molecule has 1 saturated carbocycles. The Morgan fingerprint density at radius 2 is 2.00 bits per heavy atom. The van der Waals surface area contributed by atoms with Crippen molar-refractivity contribution in [3.8, 4) is 11.3 Å². The van der Waals surface area contributed by atoms with Crippen molar-refractivity contribution in [2.45, 2.75) is 69.6 Å². The Kier molecular flexibility index (Phi) is 6.29. The van der Waals surface area contributed by atoms with E-state index < -0.39 is 11.1 Å². The minimum absolute atomic E-state index is 0.0335. The molecule has 1 amide bonds. The molecular formula is C28H35N7O3. The predicted molar refractivity (Wildman–Crippen MR) is 142 cm³/mol. The van der Waals surface area contributed by atoms with Gasteiger partial charge in [-0.1, -0.05) is 5.21 Å². The zero-order valence-electron chi connectivity index (χ0n) is 22.3. The summed E-state index contributed by atoms with van der Waals surface area (Å²) in [6.45, 7) is 8.24. The van der Waals surface area contributed by atoms with Gasteiger partial charge in [0.25, 0.3) is 0 Å². The number of pyridine rings is 2. The Labute approximate surface area is 222 Å². The average Bonchev–Trinajstić information content (AvgIpc) is 3.60. The van der Waals surface area contributed by atoms with E-state index in [0.717, 1.165) is 48.6 Å². The van der Waals surface area contributed by atoms with Gasteiger partial charge in [0.05, 0.1) is 37.0 Å². The first-order valence-corrected chi connectivity index (χ1v) is 13.5. The quantitative estimate of drug-likeness (QED) is 0.525. The number of hydrogen-bond donors (Lipinski definition) is 1. The topological polar surface area (TPSA) is 107 Å². The van der Waals surface area contributed by atoms with Crippen LogP contribution in [0.3, 0.4) is 0 Å². The summed E-state index contributed by atoms with van der Waals surface area (Å²) >= 11 is 0. The van der Waals surface area contributed by atoms with Crippen LogP contribution in [-0.4, -0.2) is 69.0 Å². The molecule has 0 spiro atoms. The SMILES string of the molecule is CC(C)(C)OC(=O)N[C@H]1CCCN(c2ccc(C3(n4cc(-c5cncc(C6CC6)c5)nn4)COC3)nc2)C1. The molecule has 10 nitrogen and oxygen atoms in total. The highest BCUT2D eigenvalue weighted by Crippen LogP contribution is 2.41. The molecule has 0 unspecified atom stereocenters. The van der Waals surface area contributed by atoms with Crippen LogP contribution in [0.5, 0.6) is 0 Å². The normalized spacial score (nSPS) is 21.0. The standard InChI is InChI=1S/C28H35N7O3/c1-27(2,3)38-26(36)31-22-5-4-10-34(15-22)23-8-9-25(30-14-23)28(17-37-18-28)35-16-24(32-33-35)21-11-20(12-29-13-21)19-6-7-19/h8-9,11-14,16,19,22H,4-7,10,15,17-18H2,1-3H3,(H,31,36)/t22-/m0/s1. The van der Waals surface area contributed by atoms with E-state index in [9.17, 15) is 4.79 Å². The highest BCUT2D eigenvalue weighted by atomic mass is 16.6. The van der Waals surface area contributed by atoms with Crippen LogP contribution >= 0.6 is 0 Å². The van der Waals surface area contributed by atoms with E-state index in [2.05, 4.69) is 43.7 Å². The Hall–Kier alpha value is -3.53. The Balaban J connectivity index is 1.15. The van der Waals surface area contributed by atoms with E-state index in [1.54, 1.807) is 0 Å². The summed E-state index contributed by atoms with van der Waals surface area (Å²) in [5.41, 5.74) is 4.00. The number of piperidine rings is 1. The molecule has 3 aliphatic rings. The maximum Gasteiger partial charge on any atom is 0.407 e. The smallest absolute Gasteiger partial charge is 0.407 e. The zero-order chi connectivity index (χ0) is 26.3. The van der Waals surface area contributed by atoms with Crippen LogP contribution in [0.1, 0.15) is 63.6 Å². The van der Waals surface area contributed by atoms with Gasteiger partial charge in [0.1, 0.15) is 11.3 Å². The Morgan fingerprint density at radius 3 is 2.68 bits per heavy atom. The average molecular weight is 518 g/mol. The zero-order valence-corrected chi connectivity index (χ0v) is 22.3. The number of amides is 1. The Morgan fingerprint density at radius 1 is 1.16 bits per heavy atom. The third-order valence-electron chi connectivity index (χ3n) is 7.45. The number of aromatic nitrogens is 5. The second kappa shape index (κ2) is 9.65. The molecule has 1 N–H and O–H groups in total. The largest absolute Gasteiger partial charge is 0.444 e. The first-order valence-electron chi connectivity index (χ1n) is 13.5.